The van der Waals surface area contributed by atoms with Crippen LogP contribution in [-0.2, 0) is 0 Å². The Morgan fingerprint density at radius 3 is 2.36 bits per heavy atom. The van der Waals surface area contributed by atoms with Crippen LogP contribution in [-0.4, -0.2) is 20.4 Å². The van der Waals surface area contributed by atoms with E-state index in [1.807, 2.05) is 0 Å². The molecule has 3 aromatic rings. The predicted octanol–water partition coefficient (Wildman–Crippen LogP) is 2.13. The third-order valence-corrected chi connectivity index (χ3v) is 3.66. The van der Waals surface area contributed by atoms with Gasteiger partial charge in [0.15, 0.2) is 22.8 Å². The monoisotopic (exact) mass is 300 g/mol. The summed E-state index contributed by atoms with van der Waals surface area (Å²) in [5, 5.41) is 39.7. The van der Waals surface area contributed by atoms with E-state index in [2.05, 4.69) is 6.58 Å². The Bertz CT molecular complexity index is 1080. The van der Waals surface area contributed by atoms with Gasteiger partial charge >= 0.3 is 5.63 Å². The van der Waals surface area contributed by atoms with Gasteiger partial charge in [0.2, 0.25) is 11.5 Å². The highest BCUT2D eigenvalue weighted by atomic mass is 16.5. The van der Waals surface area contributed by atoms with Crippen molar-refractivity contribution in [1.29, 1.82) is 0 Å². The lowest BCUT2D eigenvalue weighted by Gasteiger charge is -2.21. The van der Waals surface area contributed by atoms with E-state index in [0.29, 0.717) is 5.56 Å². The van der Waals surface area contributed by atoms with Gasteiger partial charge < -0.3 is 29.6 Å². The van der Waals surface area contributed by atoms with Crippen molar-refractivity contribution in [2.75, 3.05) is 0 Å². The molecule has 7 heteroatoms. The quantitative estimate of drug-likeness (QED) is 0.285. The fourth-order valence-corrected chi connectivity index (χ4v) is 2.67. The summed E-state index contributed by atoms with van der Waals surface area (Å²) in [5.41, 5.74) is -0.804. The summed E-state index contributed by atoms with van der Waals surface area (Å²) in [6, 6.07) is 2.26. The van der Waals surface area contributed by atoms with E-state index in [1.165, 1.54) is 6.07 Å². The molecule has 0 atom stereocenters. The molecule has 0 radical (unpaired) electrons. The number of hydrogen-bond acceptors (Lipinski definition) is 7. The molecule has 2 heterocycles. The highest BCUT2D eigenvalue weighted by molar-refractivity contribution is 6.17. The highest BCUT2D eigenvalue weighted by Gasteiger charge is 2.29. The molecule has 22 heavy (non-hydrogen) atoms. The second-order valence-corrected chi connectivity index (χ2v) is 4.91. The Labute approximate surface area is 121 Å². The Morgan fingerprint density at radius 1 is 0.955 bits per heavy atom. The molecular formula is C15H8O7. The molecule has 4 N–H and O–H groups in total. The molecule has 0 fully saturated rings. The molecule has 2 aromatic carbocycles. The van der Waals surface area contributed by atoms with E-state index in [4.69, 9.17) is 9.15 Å². The first-order chi connectivity index (χ1) is 10.4. The summed E-state index contributed by atoms with van der Waals surface area (Å²) in [7, 11) is 0. The van der Waals surface area contributed by atoms with E-state index >= 15 is 0 Å². The molecule has 1 aromatic heterocycles. The molecule has 7 nitrogen and oxygen atoms in total. The van der Waals surface area contributed by atoms with Gasteiger partial charge in [0.1, 0.15) is 5.76 Å². The largest absolute Gasteiger partial charge is 0.504 e. The first-order valence-corrected chi connectivity index (χ1v) is 6.17. The summed E-state index contributed by atoms with van der Waals surface area (Å²) < 4.78 is 10.4. The zero-order valence-corrected chi connectivity index (χ0v) is 10.9. The molecule has 0 unspecified atom stereocenters. The zero-order chi connectivity index (χ0) is 15.8. The maximum absolute atomic E-state index is 12.1. The molecule has 1 aliphatic heterocycles. The lowest BCUT2D eigenvalue weighted by Crippen LogP contribution is -2.08. The Kier molecular flexibility index (Phi) is 2.05. The summed E-state index contributed by atoms with van der Waals surface area (Å²) in [4.78, 5) is 12.1. The van der Waals surface area contributed by atoms with Crippen molar-refractivity contribution >= 4 is 27.5 Å². The molecule has 0 amide bonds. The SMILES string of the molecule is C=C1Oc2c(O)c(O)cc3c(=O)oc4c(O)c(O)cc1c4c23. The maximum Gasteiger partial charge on any atom is 0.344 e. The molecule has 0 saturated heterocycles. The van der Waals surface area contributed by atoms with E-state index < -0.39 is 28.6 Å². The van der Waals surface area contributed by atoms with Gasteiger partial charge in [-0.1, -0.05) is 6.58 Å². The van der Waals surface area contributed by atoms with Crippen LogP contribution in [0.3, 0.4) is 0 Å². The summed E-state index contributed by atoms with van der Waals surface area (Å²) in [6.45, 7) is 3.66. The number of ether oxygens (including phenoxy) is 1. The predicted molar refractivity (Wildman–Crippen MR) is 76.3 cm³/mol. The van der Waals surface area contributed by atoms with Crippen LogP contribution < -0.4 is 10.4 Å². The smallest absolute Gasteiger partial charge is 0.344 e. The minimum atomic E-state index is -0.859. The number of benzene rings is 2. The van der Waals surface area contributed by atoms with E-state index in [-0.39, 0.29) is 33.3 Å². The number of hydrogen-bond donors (Lipinski definition) is 4. The van der Waals surface area contributed by atoms with Crippen LogP contribution in [0.4, 0.5) is 0 Å². The van der Waals surface area contributed by atoms with Crippen molar-refractivity contribution in [2.45, 2.75) is 0 Å². The van der Waals surface area contributed by atoms with Crippen LogP contribution >= 0.6 is 0 Å². The summed E-state index contributed by atoms with van der Waals surface area (Å²) in [5.74, 6) is -2.31. The Hall–Kier alpha value is -3.35. The Balaban J connectivity index is 2.45. The van der Waals surface area contributed by atoms with E-state index in [9.17, 15) is 25.2 Å². The van der Waals surface area contributed by atoms with Crippen LogP contribution in [0.1, 0.15) is 5.56 Å². The molecule has 0 saturated carbocycles. The minimum Gasteiger partial charge on any atom is -0.504 e. The number of phenolic OH excluding ortho intramolecular Hbond substituents is 4. The number of phenols is 4. The molecule has 0 spiro atoms. The Morgan fingerprint density at radius 2 is 1.64 bits per heavy atom. The first-order valence-electron chi connectivity index (χ1n) is 6.17. The zero-order valence-electron chi connectivity index (χ0n) is 10.9. The number of rotatable bonds is 0. The normalized spacial score (nSPS) is 13.0. The van der Waals surface area contributed by atoms with Gasteiger partial charge in [-0.3, -0.25) is 0 Å². The van der Waals surface area contributed by atoms with Gasteiger partial charge in [-0.2, -0.15) is 0 Å². The molecule has 0 bridgehead atoms. The summed E-state index contributed by atoms with van der Waals surface area (Å²) in [6.07, 6.45) is 0. The van der Waals surface area contributed by atoms with Gasteiger partial charge in [0, 0.05) is 16.3 Å². The average Bonchev–Trinajstić information content (AvgIpc) is 2.47. The minimum absolute atomic E-state index is 0.0309. The maximum atomic E-state index is 12.1. The molecule has 110 valence electrons. The van der Waals surface area contributed by atoms with Crippen molar-refractivity contribution in [1.82, 2.24) is 0 Å². The van der Waals surface area contributed by atoms with Gasteiger partial charge in [-0.05, 0) is 12.1 Å². The third kappa shape index (κ3) is 1.27. The van der Waals surface area contributed by atoms with Crippen LogP contribution in [0.25, 0.3) is 27.5 Å². The third-order valence-electron chi connectivity index (χ3n) is 3.66. The van der Waals surface area contributed by atoms with Gasteiger partial charge in [-0.15, -0.1) is 0 Å². The van der Waals surface area contributed by atoms with Crippen LogP contribution in [0.5, 0.6) is 28.7 Å². The van der Waals surface area contributed by atoms with Crippen LogP contribution in [0, 0.1) is 0 Å². The lowest BCUT2D eigenvalue weighted by molar-refractivity contribution is 0.379. The fourth-order valence-electron chi connectivity index (χ4n) is 2.67. The lowest BCUT2D eigenvalue weighted by atomic mass is 9.97. The highest BCUT2D eigenvalue weighted by Crippen LogP contribution is 2.51. The molecule has 1 aliphatic rings. The van der Waals surface area contributed by atoms with Crippen molar-refractivity contribution < 1.29 is 29.6 Å². The first kappa shape index (κ1) is 12.4. The molecule has 0 aliphatic carbocycles. The van der Waals surface area contributed by atoms with Gasteiger partial charge in [0.05, 0.1) is 5.39 Å². The average molecular weight is 300 g/mol. The van der Waals surface area contributed by atoms with Gasteiger partial charge in [0.25, 0.3) is 0 Å². The van der Waals surface area contributed by atoms with Crippen molar-refractivity contribution in [2.24, 2.45) is 0 Å². The summed E-state index contributed by atoms with van der Waals surface area (Å²) >= 11 is 0. The van der Waals surface area contributed by atoms with E-state index in [1.54, 1.807) is 0 Å². The van der Waals surface area contributed by atoms with Crippen molar-refractivity contribution in [3.63, 3.8) is 0 Å². The molecule has 4 rings (SSSR count). The van der Waals surface area contributed by atoms with Gasteiger partial charge in [-0.25, -0.2) is 4.79 Å². The van der Waals surface area contributed by atoms with E-state index in [0.717, 1.165) is 6.07 Å². The standard InChI is InChI=1S/C15H8O7/c1-4-5-2-7(16)12(19)14-9(5)10-6(15(20)22-14)3-8(17)11(18)13(10)21-4/h2-3,16-19H,1H2. The second-order valence-electron chi connectivity index (χ2n) is 4.91. The van der Waals surface area contributed by atoms with Crippen molar-refractivity contribution in [3.05, 3.63) is 34.7 Å². The fraction of sp³-hybridized carbons (Fsp3) is 0. The van der Waals surface area contributed by atoms with Crippen LogP contribution in [0.15, 0.2) is 27.9 Å². The molecular weight excluding hydrogens is 292 g/mol. The van der Waals surface area contributed by atoms with Crippen molar-refractivity contribution in [3.8, 4) is 28.7 Å². The topological polar surface area (TPSA) is 120 Å². The number of aromatic hydroxyl groups is 4. The second kappa shape index (κ2) is 3.64. The van der Waals surface area contributed by atoms with Crippen LogP contribution in [0.2, 0.25) is 0 Å².